The smallest absolute Gasteiger partial charge is 0.123 e. The molecule has 2 nitrogen and oxygen atoms in total. The van der Waals surface area contributed by atoms with Gasteiger partial charge in [-0.15, -0.1) is 11.3 Å². The van der Waals surface area contributed by atoms with E-state index in [1.165, 1.54) is 34.5 Å². The number of nitrogens with zero attached hydrogens (tertiary/aromatic N) is 1. The average Bonchev–Trinajstić information content (AvgIpc) is 2.69. The quantitative estimate of drug-likeness (QED) is 0.825. The molecule has 1 aromatic heterocycles. The summed E-state index contributed by atoms with van der Waals surface area (Å²) in [5.41, 5.74) is 5.14. The molecule has 0 amide bonds. The molecule has 0 unspecified atom stereocenters. The molecule has 0 saturated carbocycles. The first-order chi connectivity index (χ1) is 8.24. The molecule has 2 heterocycles. The Kier molecular flexibility index (Phi) is 2.63. The Balaban J connectivity index is 2.03. The van der Waals surface area contributed by atoms with Gasteiger partial charge in [-0.25, -0.2) is 4.98 Å². The molecule has 0 aliphatic carbocycles. The number of hydrogen-bond acceptors (Lipinski definition) is 3. The lowest BCUT2D eigenvalue weighted by molar-refractivity contribution is 0.830. The van der Waals surface area contributed by atoms with Gasteiger partial charge in [0.2, 0.25) is 0 Å². The van der Waals surface area contributed by atoms with Crippen molar-refractivity contribution in [2.75, 3.05) is 11.9 Å². The van der Waals surface area contributed by atoms with Crippen molar-refractivity contribution in [2.24, 2.45) is 0 Å². The first-order valence-electron chi connectivity index (χ1n) is 6.05. The number of thiazole rings is 1. The Morgan fingerprint density at radius 2 is 2.18 bits per heavy atom. The summed E-state index contributed by atoms with van der Waals surface area (Å²) in [6, 6.07) is 6.66. The minimum Gasteiger partial charge on any atom is -0.385 e. The van der Waals surface area contributed by atoms with Crippen molar-refractivity contribution in [3.8, 4) is 10.6 Å². The van der Waals surface area contributed by atoms with Crippen molar-refractivity contribution in [1.29, 1.82) is 0 Å². The minimum atomic E-state index is 1.10. The predicted molar refractivity (Wildman–Crippen MR) is 73.8 cm³/mol. The summed E-state index contributed by atoms with van der Waals surface area (Å²) in [6.45, 7) is 5.31. The van der Waals surface area contributed by atoms with Crippen molar-refractivity contribution in [1.82, 2.24) is 4.98 Å². The lowest BCUT2D eigenvalue weighted by Crippen LogP contribution is -2.11. The van der Waals surface area contributed by atoms with E-state index < -0.39 is 0 Å². The van der Waals surface area contributed by atoms with Gasteiger partial charge in [-0.2, -0.15) is 0 Å². The van der Waals surface area contributed by atoms with Crippen LogP contribution in [0.25, 0.3) is 10.6 Å². The van der Waals surface area contributed by atoms with Gasteiger partial charge in [-0.05, 0) is 50.5 Å². The normalized spacial score (nSPS) is 14.2. The highest BCUT2D eigenvalue weighted by atomic mass is 32.1. The summed E-state index contributed by atoms with van der Waals surface area (Å²) in [5.74, 6) is 0. The highest BCUT2D eigenvalue weighted by Gasteiger charge is 2.11. The lowest BCUT2D eigenvalue weighted by atomic mass is 10.0. The number of fused-ring (bicyclic) bond motifs is 1. The second-order valence-electron chi connectivity index (χ2n) is 4.56. The summed E-state index contributed by atoms with van der Waals surface area (Å²) in [5, 5.41) is 4.59. The largest absolute Gasteiger partial charge is 0.385 e. The summed E-state index contributed by atoms with van der Waals surface area (Å²) in [6.07, 6.45) is 2.41. The lowest BCUT2D eigenvalue weighted by Gasteiger charge is -2.18. The molecule has 1 aromatic carbocycles. The van der Waals surface area contributed by atoms with Gasteiger partial charge in [0.1, 0.15) is 5.01 Å². The fourth-order valence-electron chi connectivity index (χ4n) is 2.20. The standard InChI is InChI=1S/C14H16N2S/c1-9-10(2)17-14(16-9)12-5-6-13-11(8-12)4-3-7-15-13/h5-6,8,15H,3-4,7H2,1-2H3. The van der Waals surface area contributed by atoms with Crippen LogP contribution in [0.1, 0.15) is 22.6 Å². The summed E-state index contributed by atoms with van der Waals surface area (Å²) in [4.78, 5) is 5.94. The molecule has 0 bridgehead atoms. The number of anilines is 1. The Bertz CT molecular complexity index is 538. The van der Waals surface area contributed by atoms with E-state index in [0.29, 0.717) is 0 Å². The van der Waals surface area contributed by atoms with Crippen molar-refractivity contribution < 1.29 is 0 Å². The zero-order chi connectivity index (χ0) is 11.8. The molecule has 17 heavy (non-hydrogen) atoms. The van der Waals surface area contributed by atoms with Crippen LogP contribution in [0.4, 0.5) is 5.69 Å². The maximum absolute atomic E-state index is 4.63. The van der Waals surface area contributed by atoms with Crippen molar-refractivity contribution in [2.45, 2.75) is 26.7 Å². The van der Waals surface area contributed by atoms with Crippen LogP contribution in [0.15, 0.2) is 18.2 Å². The molecule has 3 rings (SSSR count). The number of rotatable bonds is 1. The van der Waals surface area contributed by atoms with E-state index >= 15 is 0 Å². The van der Waals surface area contributed by atoms with E-state index in [1.807, 2.05) is 0 Å². The summed E-state index contributed by atoms with van der Waals surface area (Å²) >= 11 is 1.79. The zero-order valence-electron chi connectivity index (χ0n) is 10.2. The number of hydrogen-bond donors (Lipinski definition) is 1. The minimum absolute atomic E-state index is 1.10. The third-order valence-electron chi connectivity index (χ3n) is 3.32. The van der Waals surface area contributed by atoms with E-state index in [2.05, 4.69) is 42.3 Å². The molecule has 0 spiro atoms. The van der Waals surface area contributed by atoms with E-state index in [4.69, 9.17) is 0 Å². The average molecular weight is 244 g/mol. The molecule has 0 saturated heterocycles. The highest BCUT2D eigenvalue weighted by Crippen LogP contribution is 2.31. The number of aromatic nitrogens is 1. The zero-order valence-corrected chi connectivity index (χ0v) is 11.0. The SMILES string of the molecule is Cc1nc(-c2ccc3c(c2)CCCN3)sc1C. The van der Waals surface area contributed by atoms with Crippen LogP contribution in [-0.2, 0) is 6.42 Å². The predicted octanol–water partition coefficient (Wildman–Crippen LogP) is 3.79. The molecule has 2 aromatic rings. The summed E-state index contributed by atoms with van der Waals surface area (Å²) in [7, 11) is 0. The van der Waals surface area contributed by atoms with E-state index in [0.717, 1.165) is 17.2 Å². The molecular formula is C14H16N2S. The maximum atomic E-state index is 4.63. The Morgan fingerprint density at radius 1 is 1.29 bits per heavy atom. The molecule has 1 N–H and O–H groups in total. The van der Waals surface area contributed by atoms with Crippen LogP contribution < -0.4 is 5.32 Å². The van der Waals surface area contributed by atoms with E-state index in [9.17, 15) is 0 Å². The molecule has 1 aliphatic heterocycles. The molecule has 1 aliphatic rings. The monoisotopic (exact) mass is 244 g/mol. The van der Waals surface area contributed by atoms with E-state index in [-0.39, 0.29) is 0 Å². The molecule has 0 fully saturated rings. The van der Waals surface area contributed by atoms with Crippen LogP contribution in [-0.4, -0.2) is 11.5 Å². The highest BCUT2D eigenvalue weighted by molar-refractivity contribution is 7.15. The van der Waals surface area contributed by atoms with Gasteiger partial charge < -0.3 is 5.32 Å². The second kappa shape index (κ2) is 4.15. The fourth-order valence-corrected chi connectivity index (χ4v) is 3.11. The summed E-state index contributed by atoms with van der Waals surface area (Å²) < 4.78 is 0. The van der Waals surface area contributed by atoms with Gasteiger partial charge >= 0.3 is 0 Å². The maximum Gasteiger partial charge on any atom is 0.123 e. The fraction of sp³-hybridized carbons (Fsp3) is 0.357. The molecule has 0 radical (unpaired) electrons. The Labute approximate surface area is 106 Å². The topological polar surface area (TPSA) is 24.9 Å². The van der Waals surface area contributed by atoms with Gasteiger partial charge in [0.05, 0.1) is 5.69 Å². The number of benzene rings is 1. The third kappa shape index (κ3) is 1.95. The van der Waals surface area contributed by atoms with Gasteiger partial charge in [-0.3, -0.25) is 0 Å². The van der Waals surface area contributed by atoms with Crippen molar-refractivity contribution in [3.05, 3.63) is 34.3 Å². The van der Waals surface area contributed by atoms with Gasteiger partial charge in [0.25, 0.3) is 0 Å². The number of aryl methyl sites for hydroxylation is 3. The Hall–Kier alpha value is -1.35. The van der Waals surface area contributed by atoms with Crippen LogP contribution in [0, 0.1) is 13.8 Å². The molecule has 88 valence electrons. The van der Waals surface area contributed by atoms with E-state index in [1.54, 1.807) is 11.3 Å². The Morgan fingerprint density at radius 3 is 2.94 bits per heavy atom. The molecular weight excluding hydrogens is 228 g/mol. The first-order valence-corrected chi connectivity index (χ1v) is 6.87. The van der Waals surface area contributed by atoms with Crippen molar-refractivity contribution >= 4 is 17.0 Å². The van der Waals surface area contributed by atoms with Crippen LogP contribution in [0.2, 0.25) is 0 Å². The van der Waals surface area contributed by atoms with Crippen LogP contribution in [0.5, 0.6) is 0 Å². The first kappa shape index (κ1) is 10.8. The number of nitrogens with one attached hydrogen (secondary N) is 1. The van der Waals surface area contributed by atoms with Gasteiger partial charge in [-0.1, -0.05) is 0 Å². The van der Waals surface area contributed by atoms with Gasteiger partial charge in [0.15, 0.2) is 0 Å². The van der Waals surface area contributed by atoms with Crippen LogP contribution >= 0.6 is 11.3 Å². The van der Waals surface area contributed by atoms with Crippen LogP contribution in [0.3, 0.4) is 0 Å². The third-order valence-corrected chi connectivity index (χ3v) is 4.44. The second-order valence-corrected chi connectivity index (χ2v) is 5.77. The van der Waals surface area contributed by atoms with Gasteiger partial charge in [0, 0.05) is 22.7 Å². The molecule has 0 atom stereocenters. The van der Waals surface area contributed by atoms with Crippen molar-refractivity contribution in [3.63, 3.8) is 0 Å². The molecule has 3 heteroatoms.